The van der Waals surface area contributed by atoms with Crippen LogP contribution in [-0.4, -0.2) is 56.3 Å². The molecule has 6 nitrogen and oxygen atoms in total. The highest BCUT2D eigenvalue weighted by Crippen LogP contribution is 2.22. The molecule has 1 fully saturated rings. The van der Waals surface area contributed by atoms with Gasteiger partial charge in [0.05, 0.1) is 11.4 Å². The molecule has 0 spiro atoms. The number of hydrogen-bond donors (Lipinski definition) is 1. The van der Waals surface area contributed by atoms with Crippen molar-refractivity contribution in [3.05, 3.63) is 63.6 Å². The van der Waals surface area contributed by atoms with Crippen molar-refractivity contribution in [3.8, 4) is 0 Å². The Morgan fingerprint density at radius 3 is 2.34 bits per heavy atom. The lowest BCUT2D eigenvalue weighted by molar-refractivity contribution is -0.132. The maximum Gasteiger partial charge on any atom is 0.243 e. The van der Waals surface area contributed by atoms with Crippen LogP contribution in [0.3, 0.4) is 0 Å². The van der Waals surface area contributed by atoms with E-state index in [0.717, 1.165) is 34.3 Å². The van der Waals surface area contributed by atoms with E-state index >= 15 is 0 Å². The molecule has 8 heteroatoms. The molecule has 0 aliphatic carbocycles. The van der Waals surface area contributed by atoms with Crippen LogP contribution in [0.25, 0.3) is 0 Å². The van der Waals surface area contributed by atoms with Crippen molar-refractivity contribution in [2.24, 2.45) is 0 Å². The van der Waals surface area contributed by atoms with Crippen LogP contribution in [0.15, 0.2) is 51.8 Å². The smallest absolute Gasteiger partial charge is 0.243 e. The zero-order chi connectivity index (χ0) is 21.0. The van der Waals surface area contributed by atoms with Gasteiger partial charge in [0.1, 0.15) is 0 Å². The quantitative estimate of drug-likeness (QED) is 0.691. The SMILES string of the molecule is Cc1ccc(S(=O)(=O)N(CC(=O)N2CCNCC2)Cc2ccc(Br)cc2)cc1C. The average Bonchev–Trinajstić information content (AvgIpc) is 2.71. The number of aryl methyl sites for hydroxylation is 2. The number of benzene rings is 2. The average molecular weight is 480 g/mol. The fraction of sp³-hybridized carbons (Fsp3) is 0.381. The van der Waals surface area contributed by atoms with E-state index in [2.05, 4.69) is 21.2 Å². The fourth-order valence-corrected chi connectivity index (χ4v) is 4.94. The van der Waals surface area contributed by atoms with Gasteiger partial charge in [0, 0.05) is 37.2 Å². The standard InChI is InChI=1S/C21H26BrN3O3S/c1-16-3-8-20(13-17(16)2)29(27,28)25(14-18-4-6-19(22)7-5-18)15-21(26)24-11-9-23-10-12-24/h3-8,13,23H,9-12,14-15H2,1-2H3. The van der Waals surface area contributed by atoms with Crippen molar-refractivity contribution < 1.29 is 13.2 Å². The summed E-state index contributed by atoms with van der Waals surface area (Å²) in [4.78, 5) is 14.8. The molecule has 1 saturated heterocycles. The van der Waals surface area contributed by atoms with E-state index in [9.17, 15) is 13.2 Å². The number of hydrogen-bond acceptors (Lipinski definition) is 4. The first-order chi connectivity index (χ1) is 13.8. The molecule has 1 amide bonds. The van der Waals surface area contributed by atoms with Crippen LogP contribution >= 0.6 is 15.9 Å². The summed E-state index contributed by atoms with van der Waals surface area (Å²) in [6.07, 6.45) is 0. The van der Waals surface area contributed by atoms with Gasteiger partial charge in [-0.1, -0.05) is 34.1 Å². The van der Waals surface area contributed by atoms with Gasteiger partial charge in [-0.3, -0.25) is 4.79 Å². The lowest BCUT2D eigenvalue weighted by atomic mass is 10.1. The number of carbonyl (C=O) groups is 1. The molecule has 3 rings (SSSR count). The van der Waals surface area contributed by atoms with E-state index in [4.69, 9.17) is 0 Å². The summed E-state index contributed by atoms with van der Waals surface area (Å²) in [6, 6.07) is 12.6. The van der Waals surface area contributed by atoms with E-state index < -0.39 is 10.0 Å². The lowest BCUT2D eigenvalue weighted by Crippen LogP contribution is -2.50. The predicted molar refractivity (Wildman–Crippen MR) is 117 cm³/mol. The topological polar surface area (TPSA) is 69.7 Å². The van der Waals surface area contributed by atoms with Crippen molar-refractivity contribution in [2.75, 3.05) is 32.7 Å². The Balaban J connectivity index is 1.90. The summed E-state index contributed by atoms with van der Waals surface area (Å²) in [6.45, 7) is 6.43. The first kappa shape index (κ1) is 22.0. The molecule has 0 saturated carbocycles. The van der Waals surface area contributed by atoms with Gasteiger partial charge in [-0.05, 0) is 54.8 Å². The van der Waals surface area contributed by atoms with Crippen molar-refractivity contribution in [1.82, 2.24) is 14.5 Å². The first-order valence-corrected chi connectivity index (χ1v) is 11.8. The second-order valence-electron chi connectivity index (χ2n) is 7.28. The summed E-state index contributed by atoms with van der Waals surface area (Å²) in [7, 11) is -3.82. The molecular weight excluding hydrogens is 454 g/mol. The van der Waals surface area contributed by atoms with Gasteiger partial charge in [0.2, 0.25) is 15.9 Å². The van der Waals surface area contributed by atoms with Gasteiger partial charge < -0.3 is 10.2 Å². The van der Waals surface area contributed by atoms with Crippen LogP contribution in [-0.2, 0) is 21.4 Å². The van der Waals surface area contributed by atoms with Crippen LogP contribution in [0.5, 0.6) is 0 Å². The summed E-state index contributed by atoms with van der Waals surface area (Å²) in [5, 5.41) is 3.21. The number of carbonyl (C=O) groups excluding carboxylic acids is 1. The maximum atomic E-state index is 13.4. The van der Waals surface area contributed by atoms with Crippen molar-refractivity contribution in [1.29, 1.82) is 0 Å². The van der Waals surface area contributed by atoms with E-state index in [1.807, 2.05) is 38.1 Å². The molecule has 0 atom stereocenters. The summed E-state index contributed by atoms with van der Waals surface area (Å²) >= 11 is 3.40. The number of rotatable bonds is 6. The largest absolute Gasteiger partial charge is 0.339 e. The third-order valence-corrected chi connectivity index (χ3v) is 7.49. The molecule has 2 aromatic carbocycles. The molecule has 0 bridgehead atoms. The zero-order valence-corrected chi connectivity index (χ0v) is 19.1. The molecule has 0 unspecified atom stereocenters. The minimum Gasteiger partial charge on any atom is -0.339 e. The zero-order valence-electron chi connectivity index (χ0n) is 16.7. The molecule has 1 aliphatic rings. The van der Waals surface area contributed by atoms with Crippen LogP contribution in [0.2, 0.25) is 0 Å². The number of amides is 1. The number of nitrogens with zero attached hydrogens (tertiary/aromatic N) is 2. The number of halogens is 1. The Hall–Kier alpha value is -1.74. The molecule has 0 aromatic heterocycles. The summed E-state index contributed by atoms with van der Waals surface area (Å²) in [5.41, 5.74) is 2.76. The lowest BCUT2D eigenvalue weighted by Gasteiger charge is -2.30. The minimum atomic E-state index is -3.82. The van der Waals surface area contributed by atoms with Crippen molar-refractivity contribution in [3.63, 3.8) is 0 Å². The van der Waals surface area contributed by atoms with Crippen LogP contribution in [0.1, 0.15) is 16.7 Å². The minimum absolute atomic E-state index is 0.139. The summed E-state index contributed by atoms with van der Waals surface area (Å²) < 4.78 is 29.0. The normalized spacial score (nSPS) is 15.0. The van der Waals surface area contributed by atoms with E-state index in [1.165, 1.54) is 4.31 Å². The third-order valence-electron chi connectivity index (χ3n) is 5.17. The Bertz CT molecular complexity index is 971. The number of sulfonamides is 1. The van der Waals surface area contributed by atoms with Gasteiger partial charge in [-0.15, -0.1) is 0 Å². The Labute approximate surface area is 181 Å². The second kappa shape index (κ2) is 9.38. The molecular formula is C21H26BrN3O3S. The number of piperazine rings is 1. The highest BCUT2D eigenvalue weighted by atomic mass is 79.9. The Morgan fingerprint density at radius 2 is 1.72 bits per heavy atom. The predicted octanol–water partition coefficient (Wildman–Crippen LogP) is 2.69. The monoisotopic (exact) mass is 479 g/mol. The van der Waals surface area contributed by atoms with Gasteiger partial charge in [-0.25, -0.2) is 8.42 Å². The molecule has 2 aromatic rings. The van der Waals surface area contributed by atoms with Gasteiger partial charge >= 0.3 is 0 Å². The first-order valence-electron chi connectivity index (χ1n) is 9.58. The Morgan fingerprint density at radius 1 is 1.07 bits per heavy atom. The van der Waals surface area contributed by atoms with E-state index in [0.29, 0.717) is 13.1 Å². The van der Waals surface area contributed by atoms with Crippen molar-refractivity contribution >= 4 is 31.9 Å². The Kier molecular flexibility index (Phi) is 7.10. The molecule has 1 N–H and O–H groups in total. The third kappa shape index (κ3) is 5.45. The molecule has 156 valence electrons. The van der Waals surface area contributed by atoms with E-state index in [1.54, 1.807) is 23.1 Å². The van der Waals surface area contributed by atoms with Crippen LogP contribution in [0, 0.1) is 13.8 Å². The number of nitrogens with one attached hydrogen (secondary N) is 1. The van der Waals surface area contributed by atoms with E-state index in [-0.39, 0.29) is 23.9 Å². The highest BCUT2D eigenvalue weighted by molar-refractivity contribution is 9.10. The molecule has 0 radical (unpaired) electrons. The van der Waals surface area contributed by atoms with Gasteiger partial charge in [-0.2, -0.15) is 4.31 Å². The summed E-state index contributed by atoms with van der Waals surface area (Å²) in [5.74, 6) is -0.170. The van der Waals surface area contributed by atoms with Crippen LogP contribution in [0.4, 0.5) is 0 Å². The van der Waals surface area contributed by atoms with Crippen molar-refractivity contribution in [2.45, 2.75) is 25.3 Å². The molecule has 1 aliphatic heterocycles. The highest BCUT2D eigenvalue weighted by Gasteiger charge is 2.29. The maximum absolute atomic E-state index is 13.4. The fourth-order valence-electron chi connectivity index (χ4n) is 3.21. The second-order valence-corrected chi connectivity index (χ2v) is 10.1. The molecule has 1 heterocycles. The molecule has 29 heavy (non-hydrogen) atoms. The van der Waals surface area contributed by atoms with Gasteiger partial charge in [0.25, 0.3) is 0 Å². The van der Waals surface area contributed by atoms with Crippen LogP contribution < -0.4 is 5.32 Å². The van der Waals surface area contributed by atoms with Gasteiger partial charge in [0.15, 0.2) is 0 Å².